The van der Waals surface area contributed by atoms with Crippen molar-refractivity contribution < 1.29 is 5.21 Å². The van der Waals surface area contributed by atoms with Crippen LogP contribution in [0.15, 0.2) is 0 Å². The molecule has 0 saturated heterocycles. The fourth-order valence-corrected chi connectivity index (χ4v) is 0. The van der Waals surface area contributed by atoms with Crippen molar-refractivity contribution in [3.05, 3.63) is 0 Å². The third kappa shape index (κ3) is 22.5. The molecule has 1 N–H and O–H groups in total. The number of rotatable bonds is 0. The quantitative estimate of drug-likeness (QED) is 0.364. The largest absolute Gasteiger partial charge is 0.284 e. The van der Waals surface area contributed by atoms with Crippen LogP contribution in [0.2, 0.25) is 0 Å². The summed E-state index contributed by atoms with van der Waals surface area (Å²) in [6.45, 7) is 0. The Morgan fingerprint density at radius 3 is 1.50 bits per heavy atom. The van der Waals surface area contributed by atoms with Gasteiger partial charge in [0.1, 0.15) is 0 Å². The van der Waals surface area contributed by atoms with E-state index in [1.807, 2.05) is 0 Å². The lowest BCUT2D eigenvalue weighted by Gasteiger charge is -1.78. The summed E-state index contributed by atoms with van der Waals surface area (Å²) in [5, 5.41) is 7.42. The molecule has 0 bridgehead atoms. The Morgan fingerprint density at radius 2 is 1.50 bits per heavy atom. The summed E-state index contributed by atoms with van der Waals surface area (Å²) in [7, 11) is 0. The summed E-state index contributed by atoms with van der Waals surface area (Å²) in [5.74, 6) is 0. The van der Waals surface area contributed by atoms with Crippen molar-refractivity contribution in [3.8, 4) is 0 Å². The molecular formula is HCl2NO. The first-order valence-corrected chi connectivity index (χ1v) is 1.21. The molecule has 0 radical (unpaired) electrons. The second kappa shape index (κ2) is 1.79. The van der Waals surface area contributed by atoms with Gasteiger partial charge < -0.3 is 0 Å². The van der Waals surface area contributed by atoms with E-state index in [1.54, 1.807) is 0 Å². The minimum absolute atomic E-state index is 0.0556. The van der Waals surface area contributed by atoms with Gasteiger partial charge in [-0.25, -0.2) is 0 Å². The minimum Gasteiger partial charge on any atom is -0.284 e. The Bertz CT molecular complexity index is 10.8. The highest BCUT2D eigenvalue weighted by molar-refractivity contribution is 6.32. The van der Waals surface area contributed by atoms with Gasteiger partial charge in [-0.15, -0.1) is 0 Å². The Hall–Kier alpha value is 0.500. The van der Waals surface area contributed by atoms with Crippen molar-refractivity contribution in [1.82, 2.24) is 4.10 Å². The van der Waals surface area contributed by atoms with Gasteiger partial charge in [-0.05, 0) is 4.10 Å². The van der Waals surface area contributed by atoms with Gasteiger partial charge in [-0.2, -0.15) is 0 Å². The lowest BCUT2D eigenvalue weighted by molar-refractivity contribution is 0.104. The Balaban J connectivity index is 2.32. The van der Waals surface area contributed by atoms with E-state index < -0.39 is 0 Å². The number of halogens is 2. The van der Waals surface area contributed by atoms with E-state index >= 15 is 0 Å². The van der Waals surface area contributed by atoms with Crippen molar-refractivity contribution in [1.29, 1.82) is 0 Å². The van der Waals surface area contributed by atoms with Crippen LogP contribution in [0.25, 0.3) is 0 Å². The van der Waals surface area contributed by atoms with Gasteiger partial charge >= 0.3 is 0 Å². The molecule has 0 unspecified atom stereocenters. The highest BCUT2D eigenvalue weighted by Gasteiger charge is 1.70. The second-order valence-electron chi connectivity index (χ2n) is 0.215. The minimum atomic E-state index is -0.0556. The van der Waals surface area contributed by atoms with Gasteiger partial charge in [0.2, 0.25) is 0 Å². The smallest absolute Gasteiger partial charge is 0.0249 e. The fraction of sp³-hybridized carbons (Fsp3) is 0. The molecule has 26 valence electrons. The van der Waals surface area contributed by atoms with Crippen molar-refractivity contribution in [2.24, 2.45) is 0 Å². The zero-order valence-electron chi connectivity index (χ0n) is 1.65. The molecule has 4 heavy (non-hydrogen) atoms. The van der Waals surface area contributed by atoms with Crippen molar-refractivity contribution in [2.75, 3.05) is 0 Å². The molecule has 0 aromatic carbocycles. The van der Waals surface area contributed by atoms with Gasteiger partial charge in [-0.3, -0.25) is 5.21 Å². The monoisotopic (exact) mass is 101 g/mol. The van der Waals surface area contributed by atoms with Crippen molar-refractivity contribution >= 4 is 23.6 Å². The first kappa shape index (κ1) is 4.50. The van der Waals surface area contributed by atoms with Gasteiger partial charge in [-0.1, -0.05) is 0 Å². The molecule has 0 saturated carbocycles. The summed E-state index contributed by atoms with van der Waals surface area (Å²) in [6, 6.07) is 0. The van der Waals surface area contributed by atoms with Crippen molar-refractivity contribution in [3.63, 3.8) is 0 Å². The summed E-state index contributed by atoms with van der Waals surface area (Å²) in [6.07, 6.45) is 0. The molecule has 0 amide bonds. The van der Waals surface area contributed by atoms with E-state index in [1.165, 1.54) is 0 Å². The molecule has 4 heteroatoms. The van der Waals surface area contributed by atoms with E-state index in [2.05, 4.69) is 23.6 Å². The lowest BCUT2D eigenvalue weighted by Crippen LogP contribution is -1.79. The average Bonchev–Trinajstić information content (AvgIpc) is 0.811. The molecule has 0 rings (SSSR count). The van der Waals surface area contributed by atoms with Crippen LogP contribution >= 0.6 is 23.6 Å². The summed E-state index contributed by atoms with van der Waals surface area (Å²) in [5.41, 5.74) is 0. The zero-order chi connectivity index (χ0) is 3.58. The maximum atomic E-state index is 7.42. The van der Waals surface area contributed by atoms with Gasteiger partial charge in [0.15, 0.2) is 0 Å². The standard InChI is InChI=1S/Cl2HNO/c1-3(2)4/h4H. The highest BCUT2D eigenvalue weighted by Crippen LogP contribution is 1.86. The Labute approximate surface area is 33.7 Å². The topological polar surface area (TPSA) is 23.5 Å². The maximum Gasteiger partial charge on any atom is 0.0249 e. The van der Waals surface area contributed by atoms with Crippen LogP contribution in [0, 0.1) is 0 Å². The number of hydrogen-bond donors (Lipinski definition) is 1. The first-order valence-electron chi connectivity index (χ1n) is 0.538. The van der Waals surface area contributed by atoms with Crippen LogP contribution in [0.3, 0.4) is 0 Å². The summed E-state index contributed by atoms with van der Waals surface area (Å²) < 4.78 is -0.0556. The van der Waals surface area contributed by atoms with Crippen molar-refractivity contribution in [2.45, 2.75) is 0 Å². The maximum absolute atomic E-state index is 7.42. The molecule has 0 spiro atoms. The van der Waals surface area contributed by atoms with E-state index in [4.69, 9.17) is 5.21 Å². The van der Waals surface area contributed by atoms with Gasteiger partial charge in [0.05, 0.1) is 0 Å². The van der Waals surface area contributed by atoms with E-state index in [0.717, 1.165) is 0 Å². The SMILES string of the molecule is ON(Cl)Cl. The van der Waals surface area contributed by atoms with Crippen LogP contribution in [-0.2, 0) is 0 Å². The molecule has 0 fully saturated rings. The second-order valence-corrected chi connectivity index (χ2v) is 1.03. The van der Waals surface area contributed by atoms with Crippen LogP contribution in [0.4, 0.5) is 0 Å². The van der Waals surface area contributed by atoms with E-state index in [-0.39, 0.29) is 4.10 Å². The van der Waals surface area contributed by atoms with Gasteiger partial charge in [0.25, 0.3) is 0 Å². The van der Waals surface area contributed by atoms with Crippen LogP contribution in [0.1, 0.15) is 0 Å². The third-order valence-corrected chi connectivity index (χ3v) is 0. The summed E-state index contributed by atoms with van der Waals surface area (Å²) >= 11 is 8.86. The normalized spacial score (nSPS) is 9.00. The summed E-state index contributed by atoms with van der Waals surface area (Å²) in [4.78, 5) is 0. The molecule has 0 aliphatic heterocycles. The van der Waals surface area contributed by atoms with E-state index in [9.17, 15) is 0 Å². The Morgan fingerprint density at radius 1 is 1.50 bits per heavy atom. The lowest BCUT2D eigenvalue weighted by atomic mass is 13.5. The van der Waals surface area contributed by atoms with Crippen LogP contribution in [0.5, 0.6) is 0 Å². The zero-order valence-corrected chi connectivity index (χ0v) is 3.16. The number of nitrogens with zero attached hydrogens (tertiary/aromatic N) is 1. The molecule has 0 heterocycles. The molecule has 0 aliphatic rings. The van der Waals surface area contributed by atoms with E-state index in [0.29, 0.717) is 0 Å². The predicted octanol–water partition coefficient (Wildman–Crippen LogP) is 0.985. The molecule has 0 aromatic rings. The third-order valence-electron chi connectivity index (χ3n) is 0. The van der Waals surface area contributed by atoms with Crippen LogP contribution < -0.4 is 0 Å². The highest BCUT2D eigenvalue weighted by atomic mass is 35.5. The first-order chi connectivity index (χ1) is 1.73. The Kier molecular flexibility index (Phi) is 2.01. The average molecular weight is 102 g/mol. The fourth-order valence-electron chi connectivity index (χ4n) is 0. The molecule has 0 atom stereocenters. The van der Waals surface area contributed by atoms with Gasteiger partial charge in [0, 0.05) is 23.6 Å². The molecule has 2 nitrogen and oxygen atoms in total. The number of hydrogen-bond acceptors (Lipinski definition) is 2. The van der Waals surface area contributed by atoms with Crippen LogP contribution in [-0.4, -0.2) is 9.31 Å². The molecule has 0 aromatic heterocycles. The molecular weight excluding hydrogens is 101 g/mol. The molecule has 0 aliphatic carbocycles. The predicted molar refractivity (Wildman–Crippen MR) is 15.3 cm³/mol.